The summed E-state index contributed by atoms with van der Waals surface area (Å²) < 4.78 is 0. The van der Waals surface area contributed by atoms with Crippen LogP contribution in [-0.4, -0.2) is 18.5 Å². The third kappa shape index (κ3) is 4.52. The first-order chi connectivity index (χ1) is 11.3. The van der Waals surface area contributed by atoms with Gasteiger partial charge >= 0.3 is 0 Å². The molecule has 0 bridgehead atoms. The van der Waals surface area contributed by atoms with Crippen LogP contribution in [0, 0.1) is 5.92 Å². The highest BCUT2D eigenvalue weighted by molar-refractivity contribution is 5.76. The Morgan fingerprint density at radius 3 is 1.78 bits per heavy atom. The Kier molecular flexibility index (Phi) is 6.54. The molecule has 0 amide bonds. The second kappa shape index (κ2) is 8.64. The molecule has 1 fully saturated rings. The van der Waals surface area contributed by atoms with Crippen molar-refractivity contribution in [2.45, 2.75) is 38.5 Å². The standard InChI is InChI=1S/C20H22O.CH4O/c1-15-2-6-17(7-3-15)19-10-12-20(13-11-19)18-8-4-16(14-21)5-9-18;1-2/h4-5,8-15,17H,2-3,6-7H2,1H3;2H,1H3. The van der Waals surface area contributed by atoms with Crippen LogP contribution in [0.25, 0.3) is 11.1 Å². The number of hydrogen-bond donors (Lipinski definition) is 1. The Labute approximate surface area is 139 Å². The monoisotopic (exact) mass is 310 g/mol. The van der Waals surface area contributed by atoms with Gasteiger partial charge in [-0.1, -0.05) is 68.3 Å². The zero-order valence-corrected chi connectivity index (χ0v) is 14.0. The second-order valence-electron chi connectivity index (χ2n) is 6.32. The van der Waals surface area contributed by atoms with E-state index in [0.29, 0.717) is 0 Å². The molecule has 0 radical (unpaired) electrons. The highest BCUT2D eigenvalue weighted by Gasteiger charge is 2.19. The molecule has 0 heterocycles. The first-order valence-electron chi connectivity index (χ1n) is 8.36. The fraction of sp³-hybridized carbons (Fsp3) is 0.381. The molecule has 0 atom stereocenters. The number of carbonyl (C=O) groups excluding carboxylic acids is 1. The first-order valence-corrected chi connectivity index (χ1v) is 8.36. The van der Waals surface area contributed by atoms with E-state index in [1.807, 2.05) is 24.3 Å². The van der Waals surface area contributed by atoms with Crippen LogP contribution in [0.3, 0.4) is 0 Å². The molecule has 2 nitrogen and oxygen atoms in total. The van der Waals surface area contributed by atoms with Crippen molar-refractivity contribution in [3.63, 3.8) is 0 Å². The predicted octanol–water partition coefficient (Wildman–Crippen LogP) is 5.07. The molecule has 2 aromatic carbocycles. The summed E-state index contributed by atoms with van der Waals surface area (Å²) >= 11 is 0. The van der Waals surface area contributed by atoms with Gasteiger partial charge in [-0.15, -0.1) is 0 Å². The van der Waals surface area contributed by atoms with Gasteiger partial charge in [-0.2, -0.15) is 0 Å². The van der Waals surface area contributed by atoms with Crippen LogP contribution in [0.4, 0.5) is 0 Å². The lowest BCUT2D eigenvalue weighted by molar-refractivity contribution is 0.112. The van der Waals surface area contributed by atoms with Gasteiger partial charge < -0.3 is 5.11 Å². The van der Waals surface area contributed by atoms with Gasteiger partial charge in [0.25, 0.3) is 0 Å². The summed E-state index contributed by atoms with van der Waals surface area (Å²) in [6.45, 7) is 2.36. The molecule has 0 aromatic heterocycles. The van der Waals surface area contributed by atoms with Gasteiger partial charge in [0.15, 0.2) is 0 Å². The van der Waals surface area contributed by atoms with E-state index in [1.165, 1.54) is 42.4 Å². The molecule has 2 aromatic rings. The van der Waals surface area contributed by atoms with Gasteiger partial charge in [0.2, 0.25) is 0 Å². The molecule has 1 aliphatic carbocycles. The molecule has 3 rings (SSSR count). The van der Waals surface area contributed by atoms with Crippen LogP contribution in [0.5, 0.6) is 0 Å². The van der Waals surface area contributed by atoms with Gasteiger partial charge in [0.1, 0.15) is 6.29 Å². The Hall–Kier alpha value is -1.93. The molecule has 122 valence electrons. The van der Waals surface area contributed by atoms with Crippen molar-refractivity contribution >= 4 is 6.29 Å². The number of benzene rings is 2. The molecule has 0 saturated heterocycles. The van der Waals surface area contributed by atoms with E-state index in [-0.39, 0.29) is 0 Å². The number of aliphatic hydroxyl groups is 1. The van der Waals surface area contributed by atoms with Crippen molar-refractivity contribution in [2.75, 3.05) is 7.11 Å². The SMILES string of the molecule is CC1CCC(c2ccc(-c3ccc(C=O)cc3)cc2)CC1.CO. The third-order valence-electron chi connectivity index (χ3n) is 4.78. The van der Waals surface area contributed by atoms with Crippen LogP contribution in [0.15, 0.2) is 48.5 Å². The molecule has 1 N–H and O–H groups in total. The highest BCUT2D eigenvalue weighted by Crippen LogP contribution is 2.36. The number of hydrogen-bond acceptors (Lipinski definition) is 2. The molecule has 0 spiro atoms. The minimum Gasteiger partial charge on any atom is -0.400 e. The largest absolute Gasteiger partial charge is 0.400 e. The van der Waals surface area contributed by atoms with Crippen molar-refractivity contribution in [3.05, 3.63) is 59.7 Å². The van der Waals surface area contributed by atoms with E-state index in [4.69, 9.17) is 5.11 Å². The van der Waals surface area contributed by atoms with Crippen molar-refractivity contribution in [1.29, 1.82) is 0 Å². The van der Waals surface area contributed by atoms with Gasteiger partial charge in [-0.25, -0.2) is 0 Å². The van der Waals surface area contributed by atoms with Crippen molar-refractivity contribution in [3.8, 4) is 11.1 Å². The van der Waals surface area contributed by atoms with E-state index in [9.17, 15) is 4.79 Å². The van der Waals surface area contributed by atoms with Crippen molar-refractivity contribution in [1.82, 2.24) is 0 Å². The summed E-state index contributed by atoms with van der Waals surface area (Å²) in [7, 11) is 1.00. The fourth-order valence-corrected chi connectivity index (χ4v) is 3.30. The average molecular weight is 310 g/mol. The maximum Gasteiger partial charge on any atom is 0.150 e. The van der Waals surface area contributed by atoms with E-state index in [2.05, 4.69) is 31.2 Å². The summed E-state index contributed by atoms with van der Waals surface area (Å²) in [5, 5.41) is 7.00. The van der Waals surface area contributed by atoms with Crippen LogP contribution in [0.2, 0.25) is 0 Å². The van der Waals surface area contributed by atoms with Gasteiger partial charge in [0, 0.05) is 12.7 Å². The van der Waals surface area contributed by atoms with Crippen LogP contribution < -0.4 is 0 Å². The molecule has 0 aliphatic heterocycles. The minimum atomic E-state index is 0.728. The number of aldehydes is 1. The molecule has 1 saturated carbocycles. The maximum atomic E-state index is 10.7. The Morgan fingerprint density at radius 2 is 1.30 bits per heavy atom. The molecule has 2 heteroatoms. The fourth-order valence-electron chi connectivity index (χ4n) is 3.30. The van der Waals surface area contributed by atoms with Crippen LogP contribution in [0.1, 0.15) is 54.4 Å². The maximum absolute atomic E-state index is 10.7. The van der Waals surface area contributed by atoms with E-state index in [1.54, 1.807) is 0 Å². The van der Waals surface area contributed by atoms with Crippen molar-refractivity contribution < 1.29 is 9.90 Å². The highest BCUT2D eigenvalue weighted by atomic mass is 16.2. The van der Waals surface area contributed by atoms with E-state index < -0.39 is 0 Å². The summed E-state index contributed by atoms with van der Waals surface area (Å²) in [6.07, 6.45) is 6.26. The smallest absolute Gasteiger partial charge is 0.150 e. The van der Waals surface area contributed by atoms with Gasteiger partial charge in [0.05, 0.1) is 0 Å². The first kappa shape index (κ1) is 17.4. The average Bonchev–Trinajstić information content (AvgIpc) is 2.64. The molecular formula is C21H26O2. The molecular weight excluding hydrogens is 284 g/mol. The van der Waals surface area contributed by atoms with E-state index >= 15 is 0 Å². The Balaban J connectivity index is 0.000000924. The van der Waals surface area contributed by atoms with Crippen LogP contribution >= 0.6 is 0 Å². The summed E-state index contributed by atoms with van der Waals surface area (Å²) in [6, 6.07) is 16.8. The molecule has 0 unspecified atom stereocenters. The van der Waals surface area contributed by atoms with Gasteiger partial charge in [-0.05, 0) is 41.4 Å². The lowest BCUT2D eigenvalue weighted by Gasteiger charge is -2.26. The quantitative estimate of drug-likeness (QED) is 0.804. The number of aliphatic hydroxyl groups excluding tert-OH is 1. The normalized spacial score (nSPS) is 20.3. The predicted molar refractivity (Wildman–Crippen MR) is 95.8 cm³/mol. The van der Waals surface area contributed by atoms with Crippen LogP contribution in [-0.2, 0) is 0 Å². The number of carbonyl (C=O) groups is 1. The second-order valence-corrected chi connectivity index (χ2v) is 6.32. The third-order valence-corrected chi connectivity index (χ3v) is 4.78. The zero-order valence-electron chi connectivity index (χ0n) is 14.0. The van der Waals surface area contributed by atoms with E-state index in [0.717, 1.165) is 30.8 Å². The summed E-state index contributed by atoms with van der Waals surface area (Å²) in [4.78, 5) is 10.7. The Morgan fingerprint density at radius 1 is 0.826 bits per heavy atom. The lowest BCUT2D eigenvalue weighted by Crippen LogP contribution is -2.10. The zero-order chi connectivity index (χ0) is 16.7. The number of rotatable bonds is 3. The summed E-state index contributed by atoms with van der Waals surface area (Å²) in [5.74, 6) is 1.64. The lowest BCUT2D eigenvalue weighted by atomic mass is 9.79. The molecule has 1 aliphatic rings. The Bertz CT molecular complexity index is 591. The van der Waals surface area contributed by atoms with Crippen molar-refractivity contribution in [2.24, 2.45) is 5.92 Å². The summed E-state index contributed by atoms with van der Waals surface area (Å²) in [5.41, 5.74) is 4.60. The molecule has 23 heavy (non-hydrogen) atoms. The topological polar surface area (TPSA) is 37.3 Å². The minimum absolute atomic E-state index is 0.728. The van der Waals surface area contributed by atoms with Gasteiger partial charge in [-0.3, -0.25) is 4.79 Å².